The fourth-order valence-electron chi connectivity index (χ4n) is 3.34. The van der Waals surface area contributed by atoms with E-state index in [9.17, 15) is 24.0 Å². The molecule has 166 valence electrons. The Labute approximate surface area is 184 Å². The third-order valence-corrected chi connectivity index (χ3v) is 5.07. The first-order valence-electron chi connectivity index (χ1n) is 9.82. The third kappa shape index (κ3) is 4.83. The smallest absolute Gasteiger partial charge is 0.325 e. The quantitative estimate of drug-likeness (QED) is 0.451. The molecule has 0 saturated carbocycles. The standard InChI is InChI=1S/C23H22N2O7/c1-31-19(26)13-24(14-20(27)32-2)21(28)16-8-9-17-18(12-16)23(30)25(22(17)29)11-10-15-6-4-3-5-7-15/h3-9,12H,10-11,13-14H2,1-2H3. The Morgan fingerprint density at radius 1 is 0.844 bits per heavy atom. The second-order valence-electron chi connectivity index (χ2n) is 7.07. The summed E-state index contributed by atoms with van der Waals surface area (Å²) in [5, 5.41) is 0. The number of ether oxygens (including phenoxy) is 2. The molecule has 32 heavy (non-hydrogen) atoms. The molecule has 1 heterocycles. The molecule has 0 spiro atoms. The Kier molecular flexibility index (Phi) is 6.99. The summed E-state index contributed by atoms with van der Waals surface area (Å²) in [6, 6.07) is 13.6. The summed E-state index contributed by atoms with van der Waals surface area (Å²) >= 11 is 0. The number of esters is 2. The number of nitrogens with zero attached hydrogens (tertiary/aromatic N) is 2. The maximum atomic E-state index is 12.9. The largest absolute Gasteiger partial charge is 0.468 e. The van der Waals surface area contributed by atoms with Gasteiger partial charge in [0.15, 0.2) is 0 Å². The lowest BCUT2D eigenvalue weighted by atomic mass is 10.0. The van der Waals surface area contributed by atoms with Gasteiger partial charge in [0.05, 0.1) is 25.3 Å². The molecule has 2 aromatic rings. The molecule has 0 aromatic heterocycles. The number of amides is 3. The molecule has 3 rings (SSSR count). The molecule has 3 amide bonds. The van der Waals surface area contributed by atoms with Crippen LogP contribution in [0.3, 0.4) is 0 Å². The minimum atomic E-state index is -0.721. The zero-order valence-corrected chi connectivity index (χ0v) is 17.7. The van der Waals surface area contributed by atoms with Crippen molar-refractivity contribution in [1.29, 1.82) is 0 Å². The minimum absolute atomic E-state index is 0.0580. The lowest BCUT2D eigenvalue weighted by molar-refractivity contribution is -0.144. The van der Waals surface area contributed by atoms with Gasteiger partial charge in [-0.2, -0.15) is 0 Å². The van der Waals surface area contributed by atoms with Crippen LogP contribution in [0.5, 0.6) is 0 Å². The van der Waals surface area contributed by atoms with Gasteiger partial charge in [-0.15, -0.1) is 0 Å². The molecule has 0 bridgehead atoms. The van der Waals surface area contributed by atoms with Crippen LogP contribution in [0.4, 0.5) is 0 Å². The highest BCUT2D eigenvalue weighted by Gasteiger charge is 2.36. The van der Waals surface area contributed by atoms with Crippen LogP contribution in [0.25, 0.3) is 0 Å². The Morgan fingerprint density at radius 2 is 1.44 bits per heavy atom. The third-order valence-electron chi connectivity index (χ3n) is 5.07. The summed E-state index contributed by atoms with van der Waals surface area (Å²) in [5.74, 6) is -3.04. The van der Waals surface area contributed by atoms with Crippen LogP contribution in [-0.4, -0.2) is 73.3 Å². The van der Waals surface area contributed by atoms with Gasteiger partial charge in [0.1, 0.15) is 13.1 Å². The number of benzene rings is 2. The molecule has 0 atom stereocenters. The number of methoxy groups -OCH3 is 2. The average molecular weight is 438 g/mol. The molecule has 9 nitrogen and oxygen atoms in total. The maximum Gasteiger partial charge on any atom is 0.325 e. The molecule has 1 aliphatic rings. The summed E-state index contributed by atoms with van der Waals surface area (Å²) < 4.78 is 9.15. The SMILES string of the molecule is COC(=O)CN(CC(=O)OC)C(=O)c1ccc2c(c1)C(=O)N(CCc1ccccc1)C2=O. The predicted molar refractivity (Wildman–Crippen MR) is 112 cm³/mol. The van der Waals surface area contributed by atoms with Gasteiger partial charge in [0, 0.05) is 12.1 Å². The van der Waals surface area contributed by atoms with Crippen LogP contribution in [0.15, 0.2) is 48.5 Å². The Balaban J connectivity index is 1.80. The van der Waals surface area contributed by atoms with E-state index in [1.165, 1.54) is 18.2 Å². The van der Waals surface area contributed by atoms with Gasteiger partial charge in [-0.25, -0.2) is 0 Å². The van der Waals surface area contributed by atoms with Crippen molar-refractivity contribution >= 4 is 29.7 Å². The molecule has 0 N–H and O–H groups in total. The number of imide groups is 1. The van der Waals surface area contributed by atoms with Crippen molar-refractivity contribution < 1.29 is 33.4 Å². The van der Waals surface area contributed by atoms with Crippen LogP contribution >= 0.6 is 0 Å². The molecule has 0 radical (unpaired) electrons. The van der Waals surface area contributed by atoms with E-state index in [4.69, 9.17) is 0 Å². The molecule has 9 heteroatoms. The first-order valence-corrected chi connectivity index (χ1v) is 9.82. The number of fused-ring (bicyclic) bond motifs is 1. The van der Waals surface area contributed by atoms with Crippen molar-refractivity contribution in [2.75, 3.05) is 33.9 Å². The average Bonchev–Trinajstić information content (AvgIpc) is 3.06. The number of carbonyl (C=O) groups excluding carboxylic acids is 5. The van der Waals surface area contributed by atoms with Gasteiger partial charge in [0.2, 0.25) is 0 Å². The molecule has 1 aliphatic heterocycles. The van der Waals surface area contributed by atoms with E-state index in [0.717, 1.165) is 29.6 Å². The molecule has 2 aromatic carbocycles. The molecular weight excluding hydrogens is 416 g/mol. The fourth-order valence-corrected chi connectivity index (χ4v) is 3.34. The van der Waals surface area contributed by atoms with Crippen molar-refractivity contribution in [2.45, 2.75) is 6.42 Å². The summed E-state index contributed by atoms with van der Waals surface area (Å²) in [6.07, 6.45) is 0.504. The Hall–Kier alpha value is -4.01. The topological polar surface area (TPSA) is 110 Å². The Morgan fingerprint density at radius 3 is 2.03 bits per heavy atom. The van der Waals surface area contributed by atoms with Gasteiger partial charge in [0.25, 0.3) is 17.7 Å². The molecule has 0 saturated heterocycles. The first kappa shape index (κ1) is 22.7. The molecule has 0 unspecified atom stereocenters. The zero-order valence-electron chi connectivity index (χ0n) is 17.7. The van der Waals surface area contributed by atoms with E-state index in [1.54, 1.807) is 0 Å². The fraction of sp³-hybridized carbons (Fsp3) is 0.261. The van der Waals surface area contributed by atoms with Gasteiger partial charge in [-0.1, -0.05) is 30.3 Å². The van der Waals surface area contributed by atoms with Gasteiger partial charge >= 0.3 is 11.9 Å². The highest BCUT2D eigenvalue weighted by molar-refractivity contribution is 6.22. The van der Waals surface area contributed by atoms with E-state index in [2.05, 4.69) is 9.47 Å². The van der Waals surface area contributed by atoms with Crippen molar-refractivity contribution in [1.82, 2.24) is 9.80 Å². The zero-order chi connectivity index (χ0) is 23.3. The molecule has 0 fully saturated rings. The van der Waals surface area contributed by atoms with Gasteiger partial charge < -0.3 is 14.4 Å². The van der Waals surface area contributed by atoms with Crippen molar-refractivity contribution in [3.8, 4) is 0 Å². The van der Waals surface area contributed by atoms with E-state index < -0.39 is 42.7 Å². The molecular formula is C23H22N2O7. The highest BCUT2D eigenvalue weighted by Crippen LogP contribution is 2.25. The summed E-state index contributed by atoms with van der Waals surface area (Å²) in [6.45, 7) is -0.744. The monoisotopic (exact) mass is 438 g/mol. The lowest BCUT2D eigenvalue weighted by Gasteiger charge is -2.20. The van der Waals surface area contributed by atoms with Crippen LogP contribution in [-0.2, 0) is 25.5 Å². The van der Waals surface area contributed by atoms with Crippen LogP contribution < -0.4 is 0 Å². The number of rotatable bonds is 8. The van der Waals surface area contributed by atoms with Crippen molar-refractivity contribution in [2.24, 2.45) is 0 Å². The Bertz CT molecular complexity index is 1050. The summed E-state index contributed by atoms with van der Waals surface area (Å²) in [4.78, 5) is 63.9. The highest BCUT2D eigenvalue weighted by atomic mass is 16.5. The van der Waals surface area contributed by atoms with Crippen molar-refractivity contribution in [3.63, 3.8) is 0 Å². The second-order valence-corrected chi connectivity index (χ2v) is 7.07. The molecule has 0 aliphatic carbocycles. The number of carbonyl (C=O) groups is 5. The lowest BCUT2D eigenvalue weighted by Crippen LogP contribution is -2.40. The number of hydrogen-bond donors (Lipinski definition) is 0. The second kappa shape index (κ2) is 9.86. The first-order chi connectivity index (χ1) is 15.3. The minimum Gasteiger partial charge on any atom is -0.468 e. The van der Waals surface area contributed by atoms with E-state index in [-0.39, 0.29) is 23.2 Å². The van der Waals surface area contributed by atoms with Gasteiger partial charge in [-0.3, -0.25) is 28.9 Å². The van der Waals surface area contributed by atoms with Crippen LogP contribution in [0.1, 0.15) is 36.6 Å². The van der Waals surface area contributed by atoms with E-state index in [1.807, 2.05) is 30.3 Å². The van der Waals surface area contributed by atoms with Crippen LogP contribution in [0, 0.1) is 0 Å². The summed E-state index contributed by atoms with van der Waals surface area (Å²) in [5.41, 5.74) is 1.35. The summed E-state index contributed by atoms with van der Waals surface area (Å²) in [7, 11) is 2.32. The van der Waals surface area contributed by atoms with E-state index >= 15 is 0 Å². The predicted octanol–water partition coefficient (Wildman–Crippen LogP) is 1.31. The van der Waals surface area contributed by atoms with E-state index in [0.29, 0.717) is 6.42 Å². The normalized spacial score (nSPS) is 12.4. The van der Waals surface area contributed by atoms with Crippen molar-refractivity contribution in [3.05, 3.63) is 70.8 Å². The van der Waals surface area contributed by atoms with Crippen LogP contribution in [0.2, 0.25) is 0 Å². The number of hydrogen-bond acceptors (Lipinski definition) is 7. The van der Waals surface area contributed by atoms with Gasteiger partial charge in [-0.05, 0) is 30.2 Å². The maximum absolute atomic E-state index is 12.9.